The van der Waals surface area contributed by atoms with Gasteiger partial charge < -0.3 is 4.52 Å². The number of halogens is 1. The van der Waals surface area contributed by atoms with Crippen LogP contribution in [0.5, 0.6) is 0 Å². The van der Waals surface area contributed by atoms with Crippen LogP contribution in [0.3, 0.4) is 0 Å². The van der Waals surface area contributed by atoms with Gasteiger partial charge in [-0.1, -0.05) is 32.9 Å². The Morgan fingerprint density at radius 1 is 1.13 bits per heavy atom. The minimum Gasteiger partial charge on any atom is -0.357 e. The molecule has 23 heavy (non-hydrogen) atoms. The third kappa shape index (κ3) is 2.85. The summed E-state index contributed by atoms with van der Waals surface area (Å²) in [5, 5.41) is 3.69. The van der Waals surface area contributed by atoms with Crippen LogP contribution in [0.2, 0.25) is 0 Å². The SMILES string of the molecule is CC(=Cc1ccno1)c1cc2c(cc1F)C(C)(C)CCC2(C)C. The molecule has 0 fully saturated rings. The molecule has 1 aliphatic rings. The second-order valence-electron chi connectivity index (χ2n) is 7.89. The largest absolute Gasteiger partial charge is 0.357 e. The van der Waals surface area contributed by atoms with Crippen molar-refractivity contribution in [1.82, 2.24) is 5.16 Å². The molecule has 1 aliphatic carbocycles. The van der Waals surface area contributed by atoms with Crippen LogP contribution in [0.15, 0.2) is 28.9 Å². The summed E-state index contributed by atoms with van der Waals surface area (Å²) in [7, 11) is 0. The van der Waals surface area contributed by atoms with Crippen molar-refractivity contribution in [2.75, 3.05) is 0 Å². The highest BCUT2D eigenvalue weighted by molar-refractivity contribution is 5.79. The first-order chi connectivity index (χ1) is 10.7. The number of fused-ring (bicyclic) bond motifs is 1. The van der Waals surface area contributed by atoms with Gasteiger partial charge in [-0.05, 0) is 65.5 Å². The van der Waals surface area contributed by atoms with Crippen molar-refractivity contribution in [3.8, 4) is 0 Å². The van der Waals surface area contributed by atoms with Crippen molar-refractivity contribution in [3.05, 3.63) is 52.7 Å². The van der Waals surface area contributed by atoms with Gasteiger partial charge in [0.1, 0.15) is 5.82 Å². The van der Waals surface area contributed by atoms with E-state index in [0.717, 1.165) is 24.0 Å². The van der Waals surface area contributed by atoms with Crippen molar-refractivity contribution in [2.24, 2.45) is 0 Å². The van der Waals surface area contributed by atoms with Crippen LogP contribution < -0.4 is 0 Å². The highest BCUT2D eigenvalue weighted by atomic mass is 19.1. The van der Waals surface area contributed by atoms with E-state index >= 15 is 0 Å². The summed E-state index contributed by atoms with van der Waals surface area (Å²) in [5.41, 5.74) is 3.98. The van der Waals surface area contributed by atoms with Crippen LogP contribution in [0.25, 0.3) is 11.6 Å². The summed E-state index contributed by atoms with van der Waals surface area (Å²) in [6.45, 7) is 10.8. The van der Waals surface area contributed by atoms with Gasteiger partial charge in [0.25, 0.3) is 0 Å². The molecule has 2 nitrogen and oxygen atoms in total. The Balaban J connectivity index is 2.14. The molecule has 0 atom stereocenters. The van der Waals surface area contributed by atoms with E-state index < -0.39 is 0 Å². The zero-order valence-corrected chi connectivity index (χ0v) is 14.5. The quantitative estimate of drug-likeness (QED) is 0.708. The smallest absolute Gasteiger partial charge is 0.159 e. The summed E-state index contributed by atoms with van der Waals surface area (Å²) in [5.74, 6) is 0.474. The molecule has 0 N–H and O–H groups in total. The molecule has 0 aliphatic heterocycles. The summed E-state index contributed by atoms with van der Waals surface area (Å²) in [6, 6.07) is 5.55. The first kappa shape index (κ1) is 16.0. The van der Waals surface area contributed by atoms with Crippen LogP contribution in [-0.2, 0) is 10.8 Å². The molecule has 0 spiro atoms. The van der Waals surface area contributed by atoms with Gasteiger partial charge in [0.2, 0.25) is 0 Å². The molecule has 0 unspecified atom stereocenters. The van der Waals surface area contributed by atoms with E-state index in [2.05, 4.69) is 32.9 Å². The van der Waals surface area contributed by atoms with Crippen LogP contribution in [0.1, 0.15) is 69.9 Å². The van der Waals surface area contributed by atoms with Crippen molar-refractivity contribution in [3.63, 3.8) is 0 Å². The van der Waals surface area contributed by atoms with Crippen LogP contribution in [0.4, 0.5) is 4.39 Å². The molecule has 3 heteroatoms. The lowest BCUT2D eigenvalue weighted by Gasteiger charge is -2.42. The molecule has 122 valence electrons. The van der Waals surface area contributed by atoms with Crippen LogP contribution in [0, 0.1) is 5.82 Å². The molecule has 1 aromatic carbocycles. The first-order valence-electron chi connectivity index (χ1n) is 8.15. The fourth-order valence-electron chi connectivity index (χ4n) is 3.48. The number of rotatable bonds is 2. The van der Waals surface area contributed by atoms with Gasteiger partial charge in [0.05, 0.1) is 6.20 Å². The highest BCUT2D eigenvalue weighted by Crippen LogP contribution is 2.47. The van der Waals surface area contributed by atoms with E-state index in [-0.39, 0.29) is 16.6 Å². The standard InChI is InChI=1S/C20H24FNO/c1-13(10-14-6-9-22-23-14)15-11-16-17(12-18(15)21)20(4,5)8-7-19(16,2)3/h6,9-12H,7-8H2,1-5H3. The second-order valence-corrected chi connectivity index (χ2v) is 7.89. The molecule has 1 heterocycles. The van der Waals surface area contributed by atoms with E-state index in [0.29, 0.717) is 11.3 Å². The average Bonchev–Trinajstić information content (AvgIpc) is 2.96. The van der Waals surface area contributed by atoms with E-state index in [1.165, 1.54) is 5.56 Å². The Labute approximate surface area is 137 Å². The van der Waals surface area contributed by atoms with Gasteiger partial charge in [-0.15, -0.1) is 0 Å². The number of allylic oxidation sites excluding steroid dienone is 1. The van der Waals surface area contributed by atoms with Gasteiger partial charge in [-0.3, -0.25) is 0 Å². The third-order valence-electron chi connectivity index (χ3n) is 5.18. The molecule has 0 amide bonds. The van der Waals surface area contributed by atoms with Crippen molar-refractivity contribution in [1.29, 1.82) is 0 Å². The lowest BCUT2D eigenvalue weighted by molar-refractivity contribution is 0.330. The predicted molar refractivity (Wildman–Crippen MR) is 91.7 cm³/mol. The lowest BCUT2D eigenvalue weighted by atomic mass is 9.63. The molecule has 0 radical (unpaired) electrons. The number of benzene rings is 1. The monoisotopic (exact) mass is 313 g/mol. The number of aromatic nitrogens is 1. The van der Waals surface area contributed by atoms with Crippen LogP contribution >= 0.6 is 0 Å². The Morgan fingerprint density at radius 2 is 1.74 bits per heavy atom. The fraction of sp³-hybridized carbons (Fsp3) is 0.450. The Morgan fingerprint density at radius 3 is 2.30 bits per heavy atom. The van der Waals surface area contributed by atoms with Gasteiger partial charge >= 0.3 is 0 Å². The fourth-order valence-corrected chi connectivity index (χ4v) is 3.48. The third-order valence-corrected chi connectivity index (χ3v) is 5.18. The molecular weight excluding hydrogens is 289 g/mol. The molecular formula is C20H24FNO. The number of hydrogen-bond acceptors (Lipinski definition) is 2. The van der Waals surface area contributed by atoms with Crippen molar-refractivity contribution in [2.45, 2.75) is 58.3 Å². The van der Waals surface area contributed by atoms with Gasteiger partial charge in [-0.2, -0.15) is 0 Å². The van der Waals surface area contributed by atoms with Crippen molar-refractivity contribution >= 4 is 11.6 Å². The van der Waals surface area contributed by atoms with Crippen molar-refractivity contribution < 1.29 is 8.91 Å². The maximum atomic E-state index is 14.8. The maximum absolute atomic E-state index is 14.8. The lowest BCUT2D eigenvalue weighted by Crippen LogP contribution is -2.34. The minimum absolute atomic E-state index is 0.0206. The molecule has 3 rings (SSSR count). The minimum atomic E-state index is -0.164. The molecule has 0 bridgehead atoms. The predicted octanol–water partition coefficient (Wildman–Crippen LogP) is 5.72. The van der Waals surface area contributed by atoms with E-state index in [9.17, 15) is 4.39 Å². The summed E-state index contributed by atoms with van der Waals surface area (Å²) in [4.78, 5) is 0. The summed E-state index contributed by atoms with van der Waals surface area (Å²) >= 11 is 0. The van der Waals surface area contributed by atoms with Crippen LogP contribution in [-0.4, -0.2) is 5.16 Å². The Kier molecular flexibility index (Phi) is 3.70. The molecule has 1 aromatic heterocycles. The van der Waals surface area contributed by atoms with Gasteiger partial charge in [0, 0.05) is 11.6 Å². The number of nitrogens with zero attached hydrogens (tertiary/aromatic N) is 1. The Hall–Kier alpha value is -1.90. The second kappa shape index (κ2) is 5.33. The number of hydrogen-bond donors (Lipinski definition) is 0. The Bertz CT molecular complexity index is 754. The summed E-state index contributed by atoms with van der Waals surface area (Å²) < 4.78 is 19.9. The zero-order valence-electron chi connectivity index (χ0n) is 14.5. The topological polar surface area (TPSA) is 26.0 Å². The van der Waals surface area contributed by atoms with Gasteiger partial charge in [0.15, 0.2) is 5.76 Å². The average molecular weight is 313 g/mol. The maximum Gasteiger partial charge on any atom is 0.159 e. The first-order valence-corrected chi connectivity index (χ1v) is 8.15. The zero-order chi connectivity index (χ0) is 16.8. The van der Waals surface area contributed by atoms with E-state index in [4.69, 9.17) is 4.52 Å². The molecule has 2 aromatic rings. The molecule has 0 saturated heterocycles. The van der Waals surface area contributed by atoms with E-state index in [1.807, 2.05) is 19.1 Å². The highest BCUT2D eigenvalue weighted by Gasteiger charge is 2.37. The summed E-state index contributed by atoms with van der Waals surface area (Å²) in [6.07, 6.45) is 5.62. The van der Waals surface area contributed by atoms with Gasteiger partial charge in [-0.25, -0.2) is 4.39 Å². The normalized spacial score (nSPS) is 19.5. The molecule has 0 saturated carbocycles. The van der Waals surface area contributed by atoms with E-state index in [1.54, 1.807) is 18.3 Å².